The summed E-state index contributed by atoms with van der Waals surface area (Å²) < 4.78 is 18.7. The number of aromatic hydroxyl groups is 1. The van der Waals surface area contributed by atoms with Crippen molar-refractivity contribution in [3.8, 4) is 17.2 Å². The van der Waals surface area contributed by atoms with Crippen LogP contribution < -0.4 is 0 Å². The fourth-order valence-electron chi connectivity index (χ4n) is 2.71. The Kier molecular flexibility index (Phi) is 3.69. The van der Waals surface area contributed by atoms with E-state index in [4.69, 9.17) is 16.0 Å². The summed E-state index contributed by atoms with van der Waals surface area (Å²) in [6, 6.07) is 7.75. The number of nitrogens with zero attached hydrogens (tertiary/aromatic N) is 2. The number of fused-ring (bicyclic) bond motifs is 1. The Morgan fingerprint density at radius 2 is 2.04 bits per heavy atom. The van der Waals surface area contributed by atoms with Gasteiger partial charge >= 0.3 is 0 Å². The maximum Gasteiger partial charge on any atom is 0.230 e. The smallest absolute Gasteiger partial charge is 0.230 e. The summed E-state index contributed by atoms with van der Waals surface area (Å²) in [4.78, 5) is 11.5. The van der Waals surface area contributed by atoms with Gasteiger partial charge in [0.1, 0.15) is 22.9 Å². The number of H-pyrrole nitrogens is 1. The minimum Gasteiger partial charge on any atom is -0.505 e. The molecule has 0 unspecified atom stereocenters. The molecule has 0 bridgehead atoms. The highest BCUT2D eigenvalue weighted by Crippen LogP contribution is 2.38. The molecule has 0 spiro atoms. The molecule has 2 aromatic heterocycles. The van der Waals surface area contributed by atoms with Gasteiger partial charge in [0.25, 0.3) is 0 Å². The summed E-state index contributed by atoms with van der Waals surface area (Å²) in [5.74, 6) is 1.16. The molecule has 2 N–H and O–H groups in total. The molecule has 25 heavy (non-hydrogen) atoms. The zero-order valence-corrected chi connectivity index (χ0v) is 13.9. The van der Waals surface area contributed by atoms with E-state index < -0.39 is 0 Å². The van der Waals surface area contributed by atoms with Gasteiger partial charge in [0.05, 0.1) is 22.3 Å². The monoisotopic (exact) mass is 357 g/mol. The first-order chi connectivity index (χ1) is 12.0. The number of aryl methyl sites for hydroxylation is 1. The highest BCUT2D eigenvalue weighted by molar-refractivity contribution is 6.35. The Bertz CT molecular complexity index is 1070. The van der Waals surface area contributed by atoms with Crippen molar-refractivity contribution >= 4 is 22.6 Å². The fraction of sp³-hybridized carbons (Fsp3) is 0.111. The van der Waals surface area contributed by atoms with E-state index in [-0.39, 0.29) is 17.5 Å². The van der Waals surface area contributed by atoms with Gasteiger partial charge in [-0.05, 0) is 30.7 Å². The van der Waals surface area contributed by atoms with Crippen molar-refractivity contribution < 1.29 is 13.9 Å². The lowest BCUT2D eigenvalue weighted by atomic mass is 10.1. The lowest BCUT2D eigenvalue weighted by Crippen LogP contribution is -1.86. The van der Waals surface area contributed by atoms with Crippen LogP contribution in [0.5, 0.6) is 5.75 Å². The molecule has 4 rings (SSSR count). The molecule has 4 aromatic rings. The van der Waals surface area contributed by atoms with E-state index in [1.54, 1.807) is 31.3 Å². The van der Waals surface area contributed by atoms with Crippen LogP contribution in [-0.4, -0.2) is 20.1 Å². The first kappa shape index (κ1) is 15.7. The van der Waals surface area contributed by atoms with Crippen LogP contribution in [0, 0.1) is 12.7 Å². The third-order valence-electron chi connectivity index (χ3n) is 3.89. The Morgan fingerprint density at radius 3 is 2.80 bits per heavy atom. The third-order valence-corrected chi connectivity index (χ3v) is 4.19. The van der Waals surface area contributed by atoms with Crippen LogP contribution in [-0.2, 0) is 6.42 Å². The quantitative estimate of drug-likeness (QED) is 0.561. The van der Waals surface area contributed by atoms with Crippen LogP contribution in [0.25, 0.3) is 22.5 Å². The number of aromatic amines is 1. The molecule has 0 radical (unpaired) electrons. The predicted octanol–water partition coefficient (Wildman–Crippen LogP) is 4.62. The molecule has 0 aliphatic heterocycles. The van der Waals surface area contributed by atoms with E-state index >= 15 is 0 Å². The molecule has 7 heteroatoms. The molecule has 0 aliphatic carbocycles. The average molecular weight is 358 g/mol. The van der Waals surface area contributed by atoms with E-state index in [0.717, 1.165) is 5.56 Å². The first-order valence-corrected chi connectivity index (χ1v) is 7.96. The van der Waals surface area contributed by atoms with Crippen molar-refractivity contribution in [1.82, 2.24) is 15.0 Å². The molecule has 126 valence electrons. The van der Waals surface area contributed by atoms with E-state index in [0.29, 0.717) is 39.6 Å². The van der Waals surface area contributed by atoms with Gasteiger partial charge in [0.2, 0.25) is 5.89 Å². The number of imidazole rings is 1. The largest absolute Gasteiger partial charge is 0.505 e. The van der Waals surface area contributed by atoms with Gasteiger partial charge in [0, 0.05) is 6.42 Å². The number of phenols is 1. The lowest BCUT2D eigenvalue weighted by molar-refractivity contribution is 0.475. The molecular weight excluding hydrogens is 345 g/mol. The SMILES string of the molecule is Cc1nc2c(O)c(-c3ncc(Cc4ccc(F)cc4)o3)cc(Cl)c2[nH]1. The molecule has 0 fully saturated rings. The number of oxazole rings is 1. The number of nitrogens with one attached hydrogen (secondary N) is 1. The molecule has 0 atom stereocenters. The van der Waals surface area contributed by atoms with Crippen LogP contribution in [0.2, 0.25) is 5.02 Å². The van der Waals surface area contributed by atoms with Crippen LogP contribution in [0.3, 0.4) is 0 Å². The second-order valence-corrected chi connectivity index (χ2v) is 6.14. The van der Waals surface area contributed by atoms with Gasteiger partial charge in [-0.25, -0.2) is 14.4 Å². The zero-order valence-electron chi connectivity index (χ0n) is 13.2. The van der Waals surface area contributed by atoms with Crippen LogP contribution >= 0.6 is 11.6 Å². The fourth-order valence-corrected chi connectivity index (χ4v) is 2.96. The molecular formula is C18H13ClFN3O2. The second-order valence-electron chi connectivity index (χ2n) is 5.74. The van der Waals surface area contributed by atoms with E-state index in [1.807, 2.05) is 0 Å². The number of hydrogen-bond acceptors (Lipinski definition) is 4. The minimum atomic E-state index is -0.288. The number of rotatable bonds is 3. The Balaban J connectivity index is 1.71. The summed E-state index contributed by atoms with van der Waals surface area (Å²) in [5.41, 5.74) is 2.20. The molecule has 2 heterocycles. The number of benzene rings is 2. The number of phenolic OH excluding ortho intramolecular Hbond substituents is 1. The summed E-state index contributed by atoms with van der Waals surface area (Å²) >= 11 is 6.26. The predicted molar refractivity (Wildman–Crippen MR) is 92.2 cm³/mol. The standard InChI is InChI=1S/C18H13ClFN3O2/c1-9-22-15-14(19)7-13(17(24)16(15)23-9)18-21-8-12(25-18)6-10-2-4-11(20)5-3-10/h2-5,7-8,24H,6H2,1H3,(H,22,23). The van der Waals surface area contributed by atoms with Gasteiger partial charge in [0.15, 0.2) is 5.75 Å². The Morgan fingerprint density at radius 1 is 1.28 bits per heavy atom. The minimum absolute atomic E-state index is 0.0427. The second kappa shape index (κ2) is 5.89. The van der Waals surface area contributed by atoms with Gasteiger partial charge in [-0.2, -0.15) is 0 Å². The molecule has 0 saturated heterocycles. The molecule has 0 aliphatic rings. The van der Waals surface area contributed by atoms with Gasteiger partial charge in [-0.3, -0.25) is 0 Å². The highest BCUT2D eigenvalue weighted by Gasteiger charge is 2.19. The molecule has 0 saturated carbocycles. The highest BCUT2D eigenvalue weighted by atomic mass is 35.5. The Labute approximate surface area is 147 Å². The maximum absolute atomic E-state index is 13.0. The summed E-state index contributed by atoms with van der Waals surface area (Å²) in [6.07, 6.45) is 2.04. The zero-order chi connectivity index (χ0) is 17.6. The van der Waals surface area contributed by atoms with Crippen molar-refractivity contribution in [3.63, 3.8) is 0 Å². The van der Waals surface area contributed by atoms with Crippen LogP contribution in [0.15, 0.2) is 40.9 Å². The van der Waals surface area contributed by atoms with Gasteiger partial charge in [-0.1, -0.05) is 23.7 Å². The normalized spacial score (nSPS) is 11.3. The van der Waals surface area contributed by atoms with Crippen LogP contribution in [0.1, 0.15) is 17.1 Å². The van der Waals surface area contributed by atoms with Crippen molar-refractivity contribution in [2.24, 2.45) is 0 Å². The van der Waals surface area contributed by atoms with Crippen molar-refractivity contribution in [2.75, 3.05) is 0 Å². The number of hydrogen-bond donors (Lipinski definition) is 2. The number of aromatic nitrogens is 3. The summed E-state index contributed by atoms with van der Waals surface area (Å²) in [6.45, 7) is 1.78. The van der Waals surface area contributed by atoms with Crippen molar-refractivity contribution in [2.45, 2.75) is 13.3 Å². The van der Waals surface area contributed by atoms with Gasteiger partial charge in [-0.15, -0.1) is 0 Å². The molecule has 0 amide bonds. The van der Waals surface area contributed by atoms with E-state index in [9.17, 15) is 9.50 Å². The molecule has 5 nitrogen and oxygen atoms in total. The van der Waals surface area contributed by atoms with E-state index in [1.165, 1.54) is 12.1 Å². The number of halogens is 2. The van der Waals surface area contributed by atoms with Crippen molar-refractivity contribution in [3.05, 3.63) is 64.5 Å². The average Bonchev–Trinajstić information content (AvgIpc) is 3.20. The van der Waals surface area contributed by atoms with Crippen LogP contribution in [0.4, 0.5) is 4.39 Å². The molecule has 2 aromatic carbocycles. The maximum atomic E-state index is 13.0. The third kappa shape index (κ3) is 2.85. The summed E-state index contributed by atoms with van der Waals surface area (Å²) in [5, 5.41) is 10.9. The summed E-state index contributed by atoms with van der Waals surface area (Å²) in [7, 11) is 0. The topological polar surface area (TPSA) is 74.9 Å². The van der Waals surface area contributed by atoms with Crippen molar-refractivity contribution in [1.29, 1.82) is 0 Å². The first-order valence-electron chi connectivity index (χ1n) is 7.58. The van der Waals surface area contributed by atoms with E-state index in [2.05, 4.69) is 15.0 Å². The Hall–Kier alpha value is -2.86. The van der Waals surface area contributed by atoms with Gasteiger partial charge < -0.3 is 14.5 Å². The lowest BCUT2D eigenvalue weighted by Gasteiger charge is -2.03.